The van der Waals surface area contributed by atoms with Crippen molar-refractivity contribution in [1.82, 2.24) is 4.98 Å². The van der Waals surface area contributed by atoms with Gasteiger partial charge in [-0.3, -0.25) is 9.79 Å². The summed E-state index contributed by atoms with van der Waals surface area (Å²) in [5, 5.41) is 0. The van der Waals surface area contributed by atoms with Crippen LogP contribution in [0, 0.1) is 0 Å². The Morgan fingerprint density at radius 1 is 1.55 bits per heavy atom. The van der Waals surface area contributed by atoms with Crippen molar-refractivity contribution in [2.24, 2.45) is 4.99 Å². The molecule has 1 aliphatic rings. The number of H-pyrrole nitrogens is 1. The number of rotatable bonds is 0. The Morgan fingerprint density at radius 2 is 2.36 bits per heavy atom. The second kappa shape index (κ2) is 2.05. The van der Waals surface area contributed by atoms with Crippen molar-refractivity contribution in [3.8, 4) is 0 Å². The Bertz CT molecular complexity index is 376. The molecule has 11 heavy (non-hydrogen) atoms. The molecule has 1 N–H and O–H groups in total. The van der Waals surface area contributed by atoms with Crippen LogP contribution in [0.2, 0.25) is 0 Å². The summed E-state index contributed by atoms with van der Waals surface area (Å²) < 4.78 is 0. The molecule has 0 atom stereocenters. The Labute approximate surface area is 63.8 Å². The van der Waals surface area contributed by atoms with Gasteiger partial charge in [-0.2, -0.15) is 0 Å². The molecule has 2 heterocycles. The topological polar surface area (TPSA) is 45.2 Å². The van der Waals surface area contributed by atoms with Crippen molar-refractivity contribution < 1.29 is 0 Å². The van der Waals surface area contributed by atoms with Crippen LogP contribution in [0.5, 0.6) is 0 Å². The van der Waals surface area contributed by atoms with Crippen LogP contribution in [-0.4, -0.2) is 10.7 Å². The van der Waals surface area contributed by atoms with Gasteiger partial charge in [0, 0.05) is 23.0 Å². The molecule has 3 nitrogen and oxygen atoms in total. The second-order valence-corrected chi connectivity index (χ2v) is 2.62. The zero-order chi connectivity index (χ0) is 7.84. The van der Waals surface area contributed by atoms with Crippen molar-refractivity contribution in [3.05, 3.63) is 33.7 Å². The lowest BCUT2D eigenvalue weighted by Crippen LogP contribution is -2.08. The average molecular weight is 148 g/mol. The van der Waals surface area contributed by atoms with E-state index in [4.69, 9.17) is 0 Å². The summed E-state index contributed by atoms with van der Waals surface area (Å²) in [5.41, 5.74) is 2.98. The minimum Gasteiger partial charge on any atom is -0.324 e. The second-order valence-electron chi connectivity index (χ2n) is 2.62. The number of aromatic amines is 1. The predicted molar refractivity (Wildman–Crippen MR) is 43.0 cm³/mol. The van der Waals surface area contributed by atoms with E-state index in [0.29, 0.717) is 6.54 Å². The van der Waals surface area contributed by atoms with Gasteiger partial charge in [0.15, 0.2) is 0 Å². The highest BCUT2D eigenvalue weighted by atomic mass is 16.1. The molecule has 1 aliphatic heterocycles. The molecular weight excluding hydrogens is 140 g/mol. The van der Waals surface area contributed by atoms with Gasteiger partial charge >= 0.3 is 0 Å². The minimum atomic E-state index is -0.0475. The maximum Gasteiger partial charge on any atom is 0.248 e. The van der Waals surface area contributed by atoms with Gasteiger partial charge in [-0.15, -0.1) is 0 Å². The predicted octanol–water partition coefficient (Wildman–Crippen LogP) is 0.698. The summed E-state index contributed by atoms with van der Waals surface area (Å²) in [6.07, 6.45) is 0. The zero-order valence-electron chi connectivity index (χ0n) is 6.22. The molecule has 56 valence electrons. The molecule has 2 rings (SSSR count). The highest BCUT2D eigenvalue weighted by Gasteiger charge is 2.11. The van der Waals surface area contributed by atoms with E-state index in [2.05, 4.69) is 9.98 Å². The average Bonchev–Trinajstić information content (AvgIpc) is 2.32. The summed E-state index contributed by atoms with van der Waals surface area (Å²) in [5.74, 6) is 0. The first-order chi connectivity index (χ1) is 5.27. The first-order valence-electron chi connectivity index (χ1n) is 3.51. The lowest BCUT2D eigenvalue weighted by molar-refractivity contribution is 1.00. The summed E-state index contributed by atoms with van der Waals surface area (Å²) in [6.45, 7) is 2.57. The molecule has 1 aromatic rings. The van der Waals surface area contributed by atoms with Crippen LogP contribution in [0.3, 0.4) is 0 Å². The highest BCUT2D eigenvalue weighted by Crippen LogP contribution is 2.13. The number of pyridine rings is 1. The normalized spacial score (nSPS) is 14.5. The van der Waals surface area contributed by atoms with E-state index in [0.717, 1.165) is 17.0 Å². The van der Waals surface area contributed by atoms with E-state index < -0.39 is 0 Å². The van der Waals surface area contributed by atoms with Gasteiger partial charge < -0.3 is 4.98 Å². The molecule has 0 aromatic carbocycles. The number of nitrogens with zero attached hydrogens (tertiary/aromatic N) is 1. The molecule has 0 spiro atoms. The Hall–Kier alpha value is -1.38. The molecule has 0 unspecified atom stereocenters. The van der Waals surface area contributed by atoms with Gasteiger partial charge in [0.1, 0.15) is 0 Å². The number of aliphatic imine (C=N–C) groups is 1. The number of nitrogens with one attached hydrogen (secondary N) is 1. The van der Waals surface area contributed by atoms with Crippen LogP contribution in [-0.2, 0) is 6.54 Å². The summed E-state index contributed by atoms with van der Waals surface area (Å²) in [4.78, 5) is 17.8. The summed E-state index contributed by atoms with van der Waals surface area (Å²) in [7, 11) is 0. The van der Waals surface area contributed by atoms with Crippen LogP contribution in [0.15, 0.2) is 21.9 Å². The van der Waals surface area contributed by atoms with Crippen LogP contribution < -0.4 is 5.56 Å². The van der Waals surface area contributed by atoms with Crippen LogP contribution in [0.1, 0.15) is 18.2 Å². The van der Waals surface area contributed by atoms with Crippen LogP contribution in [0.4, 0.5) is 0 Å². The lowest BCUT2D eigenvalue weighted by Gasteiger charge is -1.95. The van der Waals surface area contributed by atoms with Gasteiger partial charge in [-0.05, 0) is 13.0 Å². The van der Waals surface area contributed by atoms with Crippen molar-refractivity contribution in [1.29, 1.82) is 0 Å². The molecule has 0 aliphatic carbocycles. The van der Waals surface area contributed by atoms with Crippen LogP contribution in [0.25, 0.3) is 0 Å². The third-order valence-electron chi connectivity index (χ3n) is 1.86. The fourth-order valence-electron chi connectivity index (χ4n) is 1.26. The maximum absolute atomic E-state index is 10.8. The van der Waals surface area contributed by atoms with E-state index in [9.17, 15) is 4.79 Å². The monoisotopic (exact) mass is 148 g/mol. The summed E-state index contributed by atoms with van der Waals surface area (Å²) in [6, 6.07) is 3.35. The molecule has 0 radical (unpaired) electrons. The number of hydrogen-bond acceptors (Lipinski definition) is 2. The van der Waals surface area contributed by atoms with E-state index >= 15 is 0 Å². The molecule has 0 saturated heterocycles. The molecule has 0 fully saturated rings. The summed E-state index contributed by atoms with van der Waals surface area (Å²) >= 11 is 0. The van der Waals surface area contributed by atoms with Crippen molar-refractivity contribution >= 4 is 5.71 Å². The number of fused-ring (bicyclic) bond motifs is 1. The molecule has 0 saturated carbocycles. The smallest absolute Gasteiger partial charge is 0.248 e. The van der Waals surface area contributed by atoms with E-state index in [1.165, 1.54) is 6.07 Å². The molecule has 0 bridgehead atoms. The standard InChI is InChI=1S/C8H8N2O/c1-5-6-2-3-8(11)10-7(6)4-9-5/h2-3H,4H2,1H3,(H,10,11). The molecule has 1 aromatic heterocycles. The van der Waals surface area contributed by atoms with Gasteiger partial charge in [0.25, 0.3) is 0 Å². The Balaban J connectivity index is 2.67. The van der Waals surface area contributed by atoms with Gasteiger partial charge in [-0.1, -0.05) is 0 Å². The first kappa shape index (κ1) is 6.34. The largest absolute Gasteiger partial charge is 0.324 e. The van der Waals surface area contributed by atoms with Gasteiger partial charge in [-0.25, -0.2) is 0 Å². The fourth-order valence-corrected chi connectivity index (χ4v) is 1.26. The van der Waals surface area contributed by atoms with Gasteiger partial charge in [0.05, 0.1) is 6.54 Å². The quantitative estimate of drug-likeness (QED) is 0.578. The Kier molecular flexibility index (Phi) is 1.18. The Morgan fingerprint density at radius 3 is 3.18 bits per heavy atom. The molecule has 0 amide bonds. The van der Waals surface area contributed by atoms with E-state index in [-0.39, 0.29) is 5.56 Å². The highest BCUT2D eigenvalue weighted by molar-refractivity contribution is 6.01. The van der Waals surface area contributed by atoms with E-state index in [1.807, 2.05) is 13.0 Å². The minimum absolute atomic E-state index is 0.0475. The van der Waals surface area contributed by atoms with E-state index in [1.54, 1.807) is 0 Å². The molecule has 3 heteroatoms. The SMILES string of the molecule is CC1=NCc2[nH]c(=O)ccc21. The first-order valence-corrected chi connectivity index (χ1v) is 3.51. The van der Waals surface area contributed by atoms with Gasteiger partial charge in [0.2, 0.25) is 5.56 Å². The molecular formula is C8H8N2O. The number of hydrogen-bond donors (Lipinski definition) is 1. The van der Waals surface area contributed by atoms with Crippen molar-refractivity contribution in [2.75, 3.05) is 0 Å². The van der Waals surface area contributed by atoms with Crippen LogP contribution >= 0.6 is 0 Å². The van der Waals surface area contributed by atoms with Crippen molar-refractivity contribution in [2.45, 2.75) is 13.5 Å². The maximum atomic E-state index is 10.8. The fraction of sp³-hybridized carbons (Fsp3) is 0.250. The zero-order valence-corrected chi connectivity index (χ0v) is 6.22. The third kappa shape index (κ3) is 0.888. The van der Waals surface area contributed by atoms with Crippen molar-refractivity contribution in [3.63, 3.8) is 0 Å². The third-order valence-corrected chi connectivity index (χ3v) is 1.86. The number of aromatic nitrogens is 1. The lowest BCUT2D eigenvalue weighted by atomic mass is 10.1.